The molecule has 2 rings (SSSR count). The fraction of sp³-hybridized carbons (Fsp3) is 0.462. The van der Waals surface area contributed by atoms with Gasteiger partial charge in [-0.1, -0.05) is 6.07 Å². The van der Waals surface area contributed by atoms with Gasteiger partial charge >= 0.3 is 5.97 Å². The standard InChI is InChI=1S/C13H16N2O5/c1-8-6-14(7-9(2)20-8)12-10(13(16)17)4-3-5-11(12)15(18)19/h3-5,8-9H,6-7H2,1-2H3,(H,16,17). The number of hydrogen-bond donors (Lipinski definition) is 1. The van der Waals surface area contributed by atoms with E-state index in [-0.39, 0.29) is 29.1 Å². The van der Waals surface area contributed by atoms with Gasteiger partial charge in [0.2, 0.25) is 0 Å². The molecule has 1 saturated heterocycles. The van der Waals surface area contributed by atoms with E-state index in [4.69, 9.17) is 4.74 Å². The van der Waals surface area contributed by atoms with Crippen molar-refractivity contribution in [2.75, 3.05) is 18.0 Å². The Kier molecular flexibility index (Phi) is 3.89. The molecule has 20 heavy (non-hydrogen) atoms. The van der Waals surface area contributed by atoms with Crippen molar-refractivity contribution in [3.63, 3.8) is 0 Å². The number of carboxylic acids is 1. The third-order valence-electron chi connectivity index (χ3n) is 3.18. The second-order valence-corrected chi connectivity index (χ2v) is 4.90. The lowest BCUT2D eigenvalue weighted by Gasteiger charge is -2.37. The number of nitro groups is 1. The molecule has 2 unspecified atom stereocenters. The van der Waals surface area contributed by atoms with E-state index in [2.05, 4.69) is 0 Å². The van der Waals surface area contributed by atoms with Gasteiger partial charge in [-0.05, 0) is 19.9 Å². The topological polar surface area (TPSA) is 92.9 Å². The van der Waals surface area contributed by atoms with Gasteiger partial charge in [0.05, 0.1) is 22.7 Å². The summed E-state index contributed by atoms with van der Waals surface area (Å²) in [7, 11) is 0. The molecule has 1 heterocycles. The first kappa shape index (κ1) is 14.3. The average molecular weight is 280 g/mol. The van der Waals surface area contributed by atoms with Gasteiger partial charge in [-0.25, -0.2) is 4.79 Å². The number of hydrogen-bond acceptors (Lipinski definition) is 5. The smallest absolute Gasteiger partial charge is 0.338 e. The lowest BCUT2D eigenvalue weighted by Crippen LogP contribution is -2.46. The second kappa shape index (κ2) is 5.46. The number of nitro benzene ring substituents is 1. The highest BCUT2D eigenvalue weighted by Crippen LogP contribution is 2.34. The molecule has 0 bridgehead atoms. The SMILES string of the molecule is CC1CN(c2c(C(=O)O)cccc2[N+](=O)[O-])CC(C)O1. The number of morpholine rings is 1. The van der Waals surface area contributed by atoms with Crippen LogP contribution in [0.15, 0.2) is 18.2 Å². The van der Waals surface area contributed by atoms with Gasteiger partial charge in [0.15, 0.2) is 0 Å². The van der Waals surface area contributed by atoms with Crippen LogP contribution < -0.4 is 4.90 Å². The van der Waals surface area contributed by atoms with Crippen LogP contribution in [0.4, 0.5) is 11.4 Å². The van der Waals surface area contributed by atoms with Crippen LogP contribution >= 0.6 is 0 Å². The quantitative estimate of drug-likeness (QED) is 0.671. The van der Waals surface area contributed by atoms with Gasteiger partial charge < -0.3 is 14.7 Å². The van der Waals surface area contributed by atoms with E-state index in [0.29, 0.717) is 13.1 Å². The van der Waals surface area contributed by atoms with Crippen LogP contribution in [0.1, 0.15) is 24.2 Å². The van der Waals surface area contributed by atoms with Gasteiger partial charge in [-0.2, -0.15) is 0 Å². The summed E-state index contributed by atoms with van der Waals surface area (Å²) in [6.45, 7) is 4.57. The number of carbonyl (C=O) groups is 1. The lowest BCUT2D eigenvalue weighted by atomic mass is 10.1. The van der Waals surface area contributed by atoms with Crippen LogP contribution in [0.3, 0.4) is 0 Å². The number of ether oxygens (including phenoxy) is 1. The van der Waals surface area contributed by atoms with Crippen molar-refractivity contribution in [3.05, 3.63) is 33.9 Å². The van der Waals surface area contributed by atoms with Gasteiger partial charge in [-0.3, -0.25) is 10.1 Å². The third-order valence-corrected chi connectivity index (χ3v) is 3.18. The average Bonchev–Trinajstić information content (AvgIpc) is 2.36. The highest BCUT2D eigenvalue weighted by molar-refractivity contribution is 5.97. The molecule has 1 aliphatic rings. The van der Waals surface area contributed by atoms with Crippen molar-refractivity contribution in [2.24, 2.45) is 0 Å². The molecule has 0 aromatic heterocycles. The summed E-state index contributed by atoms with van der Waals surface area (Å²) in [4.78, 5) is 23.7. The Hall–Kier alpha value is -2.15. The molecule has 1 aromatic carbocycles. The highest BCUT2D eigenvalue weighted by atomic mass is 16.6. The van der Waals surface area contributed by atoms with Crippen LogP contribution in [-0.4, -0.2) is 41.3 Å². The lowest BCUT2D eigenvalue weighted by molar-refractivity contribution is -0.384. The summed E-state index contributed by atoms with van der Waals surface area (Å²) < 4.78 is 5.58. The molecule has 1 aromatic rings. The Morgan fingerprint density at radius 1 is 1.40 bits per heavy atom. The van der Waals surface area contributed by atoms with Crippen LogP contribution in [0.5, 0.6) is 0 Å². The molecular formula is C13H16N2O5. The molecular weight excluding hydrogens is 264 g/mol. The highest BCUT2D eigenvalue weighted by Gasteiger charge is 2.31. The van der Waals surface area contributed by atoms with Gasteiger partial charge in [-0.15, -0.1) is 0 Å². The Morgan fingerprint density at radius 3 is 2.50 bits per heavy atom. The molecule has 1 fully saturated rings. The van der Waals surface area contributed by atoms with E-state index in [9.17, 15) is 20.0 Å². The number of carboxylic acid groups (broad SMARTS) is 1. The van der Waals surface area contributed by atoms with Crippen molar-refractivity contribution in [2.45, 2.75) is 26.1 Å². The largest absolute Gasteiger partial charge is 0.478 e. The first-order valence-corrected chi connectivity index (χ1v) is 6.31. The molecule has 108 valence electrons. The zero-order valence-corrected chi connectivity index (χ0v) is 11.3. The molecule has 7 nitrogen and oxygen atoms in total. The fourth-order valence-electron chi connectivity index (χ4n) is 2.54. The Morgan fingerprint density at radius 2 is 2.00 bits per heavy atom. The number of anilines is 1. The fourth-order valence-corrected chi connectivity index (χ4v) is 2.54. The molecule has 0 amide bonds. The predicted molar refractivity (Wildman–Crippen MR) is 72.3 cm³/mol. The van der Waals surface area contributed by atoms with Crippen molar-refractivity contribution in [1.29, 1.82) is 0 Å². The number of rotatable bonds is 3. The molecule has 1 N–H and O–H groups in total. The van der Waals surface area contributed by atoms with Crippen LogP contribution in [0.25, 0.3) is 0 Å². The summed E-state index contributed by atoms with van der Waals surface area (Å²) in [6, 6.07) is 4.10. The maximum absolute atomic E-state index is 11.3. The minimum absolute atomic E-state index is 0.0551. The molecule has 1 aliphatic heterocycles. The van der Waals surface area contributed by atoms with Gasteiger partial charge in [0, 0.05) is 19.2 Å². The molecule has 0 spiro atoms. The van der Waals surface area contributed by atoms with Crippen molar-refractivity contribution < 1.29 is 19.6 Å². The summed E-state index contributed by atoms with van der Waals surface area (Å²) >= 11 is 0. The molecule has 0 saturated carbocycles. The molecule has 0 radical (unpaired) electrons. The second-order valence-electron chi connectivity index (χ2n) is 4.90. The van der Waals surface area contributed by atoms with E-state index in [1.807, 2.05) is 13.8 Å². The van der Waals surface area contributed by atoms with E-state index in [1.54, 1.807) is 4.90 Å². The number of nitrogens with zero attached hydrogens (tertiary/aromatic N) is 2. The van der Waals surface area contributed by atoms with Crippen molar-refractivity contribution in [1.82, 2.24) is 0 Å². The first-order valence-electron chi connectivity index (χ1n) is 6.31. The normalized spacial score (nSPS) is 22.6. The van der Waals surface area contributed by atoms with E-state index in [0.717, 1.165) is 0 Å². The number of benzene rings is 1. The third kappa shape index (κ3) is 2.72. The van der Waals surface area contributed by atoms with Crippen molar-refractivity contribution in [3.8, 4) is 0 Å². The maximum atomic E-state index is 11.3. The zero-order chi connectivity index (χ0) is 14.9. The Bertz CT molecular complexity index is 503. The van der Waals surface area contributed by atoms with Crippen molar-refractivity contribution >= 4 is 17.3 Å². The maximum Gasteiger partial charge on any atom is 0.338 e. The van der Waals surface area contributed by atoms with Crippen LogP contribution in [-0.2, 0) is 4.74 Å². The molecule has 2 atom stereocenters. The van der Waals surface area contributed by atoms with Crippen LogP contribution in [0, 0.1) is 10.1 Å². The van der Waals surface area contributed by atoms with E-state index in [1.165, 1.54) is 18.2 Å². The van der Waals surface area contributed by atoms with Crippen LogP contribution in [0.2, 0.25) is 0 Å². The van der Waals surface area contributed by atoms with E-state index < -0.39 is 10.9 Å². The summed E-state index contributed by atoms with van der Waals surface area (Å²) in [6.07, 6.45) is -0.222. The summed E-state index contributed by atoms with van der Waals surface area (Å²) in [5.74, 6) is -1.17. The van der Waals surface area contributed by atoms with Gasteiger partial charge in [0.1, 0.15) is 5.69 Å². The Labute approximate surface area is 115 Å². The monoisotopic (exact) mass is 280 g/mol. The molecule has 7 heteroatoms. The summed E-state index contributed by atoms with van der Waals surface area (Å²) in [5.41, 5.74) is -0.0845. The Balaban J connectivity index is 2.52. The van der Waals surface area contributed by atoms with E-state index >= 15 is 0 Å². The number of para-hydroxylation sites is 1. The number of aromatic carboxylic acids is 1. The zero-order valence-electron chi connectivity index (χ0n) is 11.3. The summed E-state index contributed by atoms with van der Waals surface area (Å²) in [5, 5.41) is 20.4. The predicted octanol–water partition coefficient (Wildman–Crippen LogP) is 1.91. The minimum Gasteiger partial charge on any atom is -0.478 e. The minimum atomic E-state index is -1.17. The molecule has 0 aliphatic carbocycles. The van der Waals surface area contributed by atoms with Gasteiger partial charge in [0.25, 0.3) is 5.69 Å². The first-order chi connectivity index (χ1) is 9.40.